The second-order valence-corrected chi connectivity index (χ2v) is 6.13. The van der Waals surface area contributed by atoms with Crippen LogP contribution in [0.15, 0.2) is 41.5 Å². The Hall–Kier alpha value is -2.69. The molecule has 3 aromatic heterocycles. The number of halogens is 1. The molecule has 1 N–H and O–H groups in total. The van der Waals surface area contributed by atoms with Gasteiger partial charge >= 0.3 is 0 Å². The van der Waals surface area contributed by atoms with Gasteiger partial charge in [0.1, 0.15) is 11.5 Å². The summed E-state index contributed by atoms with van der Waals surface area (Å²) in [5.74, 6) is 0.0145. The maximum atomic E-state index is 13.8. The smallest absolute Gasteiger partial charge is 0.257 e. The quantitative estimate of drug-likeness (QED) is 0.569. The molecule has 0 amide bonds. The molecule has 0 radical (unpaired) electrons. The van der Waals surface area contributed by atoms with Crippen molar-refractivity contribution in [1.29, 1.82) is 0 Å². The number of H-pyrrole nitrogens is 1. The largest absolute Gasteiger partial charge is 0.328 e. The van der Waals surface area contributed by atoms with Crippen LogP contribution in [0.1, 0.15) is 38.3 Å². The highest BCUT2D eigenvalue weighted by Crippen LogP contribution is 2.30. The number of benzene rings is 1. The third-order valence-corrected chi connectivity index (χ3v) is 4.82. The molecule has 0 aliphatic heterocycles. The summed E-state index contributed by atoms with van der Waals surface area (Å²) in [5.41, 5.74) is 2.31. The summed E-state index contributed by atoms with van der Waals surface area (Å²) < 4.78 is 15.8. The molecule has 0 atom stereocenters. The molecule has 24 heavy (non-hydrogen) atoms. The Morgan fingerprint density at radius 2 is 2.00 bits per heavy atom. The Bertz CT molecular complexity index is 1120. The molecule has 1 aromatic carbocycles. The minimum atomic E-state index is -0.358. The Morgan fingerprint density at radius 3 is 2.75 bits per heavy atom. The number of pyridine rings is 2. The lowest BCUT2D eigenvalue weighted by molar-refractivity contribution is 0.627. The molecular formula is C19H18FN3O. The number of aromatic amines is 1. The monoisotopic (exact) mass is 323 g/mol. The van der Waals surface area contributed by atoms with E-state index in [-0.39, 0.29) is 11.4 Å². The Labute approximate surface area is 138 Å². The van der Waals surface area contributed by atoms with Gasteiger partial charge in [0, 0.05) is 29.1 Å². The number of nitrogens with one attached hydrogen (secondary N) is 1. The van der Waals surface area contributed by atoms with E-state index in [1.807, 2.05) is 16.7 Å². The first-order valence-electron chi connectivity index (χ1n) is 8.25. The van der Waals surface area contributed by atoms with E-state index in [0.717, 1.165) is 35.1 Å². The predicted octanol–water partition coefficient (Wildman–Crippen LogP) is 4.37. The van der Waals surface area contributed by atoms with Gasteiger partial charge in [-0.1, -0.05) is 13.8 Å². The molecule has 0 aliphatic rings. The van der Waals surface area contributed by atoms with Gasteiger partial charge in [0.2, 0.25) is 0 Å². The molecule has 0 bridgehead atoms. The van der Waals surface area contributed by atoms with Crippen molar-refractivity contribution in [3.63, 3.8) is 0 Å². The van der Waals surface area contributed by atoms with Crippen molar-refractivity contribution < 1.29 is 4.39 Å². The second-order valence-electron chi connectivity index (χ2n) is 6.13. The van der Waals surface area contributed by atoms with Gasteiger partial charge in [-0.05, 0) is 37.1 Å². The van der Waals surface area contributed by atoms with E-state index in [4.69, 9.17) is 4.98 Å². The van der Waals surface area contributed by atoms with Gasteiger partial charge < -0.3 is 4.98 Å². The normalized spacial score (nSPS) is 12.0. The van der Waals surface area contributed by atoms with Gasteiger partial charge in [-0.2, -0.15) is 0 Å². The fourth-order valence-electron chi connectivity index (χ4n) is 3.52. The van der Waals surface area contributed by atoms with Crippen LogP contribution in [-0.2, 0) is 0 Å². The summed E-state index contributed by atoms with van der Waals surface area (Å²) in [7, 11) is 0. The van der Waals surface area contributed by atoms with Gasteiger partial charge in [-0.3, -0.25) is 9.20 Å². The minimum absolute atomic E-state index is 0.220. The number of hydrogen-bond acceptors (Lipinski definition) is 2. The first-order chi connectivity index (χ1) is 11.6. The zero-order valence-electron chi connectivity index (χ0n) is 13.6. The molecule has 3 heterocycles. The topological polar surface area (TPSA) is 50.2 Å². The number of rotatable bonds is 3. The van der Waals surface area contributed by atoms with Crippen LogP contribution in [0, 0.1) is 5.82 Å². The summed E-state index contributed by atoms with van der Waals surface area (Å²) in [6.07, 6.45) is 5.64. The van der Waals surface area contributed by atoms with Gasteiger partial charge in [0.25, 0.3) is 5.56 Å². The number of nitrogens with zero attached hydrogens (tertiary/aromatic N) is 2. The number of imidazole rings is 1. The molecule has 0 spiro atoms. The van der Waals surface area contributed by atoms with Gasteiger partial charge in [0.15, 0.2) is 0 Å². The van der Waals surface area contributed by atoms with Crippen LogP contribution in [0.2, 0.25) is 0 Å². The van der Waals surface area contributed by atoms with Crippen LogP contribution in [0.25, 0.3) is 27.3 Å². The maximum Gasteiger partial charge on any atom is 0.257 e. The zero-order chi connectivity index (χ0) is 16.8. The van der Waals surface area contributed by atoms with E-state index in [1.165, 1.54) is 12.1 Å². The third kappa shape index (κ3) is 2.04. The first kappa shape index (κ1) is 14.9. The molecule has 0 saturated carbocycles. The Kier molecular flexibility index (Phi) is 3.37. The van der Waals surface area contributed by atoms with Crippen LogP contribution in [0.5, 0.6) is 0 Å². The van der Waals surface area contributed by atoms with Crippen LogP contribution < -0.4 is 5.56 Å². The summed E-state index contributed by atoms with van der Waals surface area (Å²) in [6, 6.07) is 6.37. The zero-order valence-corrected chi connectivity index (χ0v) is 13.6. The molecule has 4 aromatic rings. The number of aromatic nitrogens is 3. The van der Waals surface area contributed by atoms with Crippen molar-refractivity contribution in [1.82, 2.24) is 14.4 Å². The molecule has 0 fully saturated rings. The maximum absolute atomic E-state index is 13.8. The average Bonchev–Trinajstić information content (AvgIpc) is 3.01. The Balaban J connectivity index is 2.24. The van der Waals surface area contributed by atoms with Crippen molar-refractivity contribution in [3.05, 3.63) is 58.5 Å². The molecule has 5 heteroatoms. The SMILES string of the molecule is CCC(CC)c1cn2c3cc[nH]c(=O)c3c3cc(F)ccc3c2n1. The van der Waals surface area contributed by atoms with E-state index in [1.54, 1.807) is 12.3 Å². The van der Waals surface area contributed by atoms with Gasteiger partial charge in [-0.25, -0.2) is 9.37 Å². The molecular weight excluding hydrogens is 305 g/mol. The lowest BCUT2D eigenvalue weighted by atomic mass is 10.0. The number of hydrogen-bond donors (Lipinski definition) is 1. The lowest BCUT2D eigenvalue weighted by Gasteiger charge is -2.07. The van der Waals surface area contributed by atoms with Crippen molar-refractivity contribution in [2.24, 2.45) is 0 Å². The van der Waals surface area contributed by atoms with Crippen molar-refractivity contribution in [2.45, 2.75) is 32.6 Å². The average molecular weight is 323 g/mol. The fraction of sp³-hybridized carbons (Fsp3) is 0.263. The van der Waals surface area contributed by atoms with Crippen molar-refractivity contribution in [2.75, 3.05) is 0 Å². The third-order valence-electron chi connectivity index (χ3n) is 4.82. The molecule has 0 saturated heterocycles. The molecule has 4 nitrogen and oxygen atoms in total. The summed E-state index contributed by atoms with van der Waals surface area (Å²) in [6.45, 7) is 4.29. The minimum Gasteiger partial charge on any atom is -0.328 e. The van der Waals surface area contributed by atoms with E-state index in [9.17, 15) is 9.18 Å². The summed E-state index contributed by atoms with van der Waals surface area (Å²) in [4.78, 5) is 19.9. The number of fused-ring (bicyclic) bond motifs is 6. The lowest BCUT2D eigenvalue weighted by Crippen LogP contribution is -2.07. The van der Waals surface area contributed by atoms with Gasteiger partial charge in [-0.15, -0.1) is 0 Å². The standard InChI is InChI=1S/C19H18FN3O/c1-3-11(4-2)15-10-23-16-7-8-21-19(24)17(16)14-9-12(20)5-6-13(14)18(23)22-15/h5-11H,3-4H2,1-2H3,(H,21,24). The highest BCUT2D eigenvalue weighted by molar-refractivity contribution is 6.11. The van der Waals surface area contributed by atoms with Crippen molar-refractivity contribution in [3.8, 4) is 0 Å². The van der Waals surface area contributed by atoms with E-state index in [2.05, 4.69) is 18.8 Å². The van der Waals surface area contributed by atoms with E-state index in [0.29, 0.717) is 16.7 Å². The second kappa shape index (κ2) is 5.44. The van der Waals surface area contributed by atoms with Crippen molar-refractivity contribution >= 4 is 27.3 Å². The van der Waals surface area contributed by atoms with E-state index < -0.39 is 0 Å². The predicted molar refractivity (Wildman–Crippen MR) is 94.1 cm³/mol. The van der Waals surface area contributed by atoms with Crippen LogP contribution >= 0.6 is 0 Å². The highest BCUT2D eigenvalue weighted by Gasteiger charge is 2.17. The van der Waals surface area contributed by atoms with Crippen LogP contribution in [0.3, 0.4) is 0 Å². The van der Waals surface area contributed by atoms with Crippen LogP contribution in [0.4, 0.5) is 4.39 Å². The molecule has 0 aliphatic carbocycles. The molecule has 122 valence electrons. The molecule has 4 rings (SSSR count). The summed E-state index contributed by atoms with van der Waals surface area (Å²) in [5, 5.41) is 1.88. The van der Waals surface area contributed by atoms with E-state index >= 15 is 0 Å². The molecule has 0 unspecified atom stereocenters. The van der Waals surface area contributed by atoms with Gasteiger partial charge in [0.05, 0.1) is 16.6 Å². The summed E-state index contributed by atoms with van der Waals surface area (Å²) >= 11 is 0. The fourth-order valence-corrected chi connectivity index (χ4v) is 3.52. The Morgan fingerprint density at radius 1 is 1.21 bits per heavy atom. The highest BCUT2D eigenvalue weighted by atomic mass is 19.1. The first-order valence-corrected chi connectivity index (χ1v) is 8.25. The van der Waals surface area contributed by atoms with Crippen LogP contribution in [-0.4, -0.2) is 14.4 Å².